The number of nitrogens with one attached hydrogen (secondary N) is 1. The zero-order valence-corrected chi connectivity index (χ0v) is 14.1. The summed E-state index contributed by atoms with van der Waals surface area (Å²) in [5.74, 6) is -0.598. The van der Waals surface area contributed by atoms with Gasteiger partial charge in [0.2, 0.25) is 0 Å². The van der Waals surface area contributed by atoms with Gasteiger partial charge in [0, 0.05) is 11.3 Å². The standard InChI is InChI=1S/C17H16BrNO4/c1-2-9-23-15-8-5-12(10-14(15)18)16(20)19-13-6-3-11(4-7-13)17(21)22/h3-8,10H,2,9H2,1H3,(H,19,20)(H,21,22). The maximum absolute atomic E-state index is 12.2. The van der Waals surface area contributed by atoms with Gasteiger partial charge in [-0.3, -0.25) is 4.79 Å². The van der Waals surface area contributed by atoms with Crippen LogP contribution in [0, 0.1) is 0 Å². The Morgan fingerprint density at radius 3 is 2.35 bits per heavy atom. The number of anilines is 1. The molecule has 0 aromatic heterocycles. The van der Waals surface area contributed by atoms with Crippen molar-refractivity contribution in [3.8, 4) is 5.75 Å². The Balaban J connectivity index is 2.08. The van der Waals surface area contributed by atoms with E-state index in [0.29, 0.717) is 28.1 Å². The molecule has 5 nitrogen and oxygen atoms in total. The molecule has 2 aromatic carbocycles. The number of halogens is 1. The molecule has 2 N–H and O–H groups in total. The number of hydrogen-bond donors (Lipinski definition) is 2. The Kier molecular flexibility index (Phi) is 5.76. The fourth-order valence-electron chi connectivity index (χ4n) is 1.87. The molecule has 0 spiro atoms. The van der Waals surface area contributed by atoms with Crippen LogP contribution in [0.15, 0.2) is 46.9 Å². The second-order valence-corrected chi connectivity index (χ2v) is 5.68. The summed E-state index contributed by atoms with van der Waals surface area (Å²) in [6.45, 7) is 2.63. The average Bonchev–Trinajstić information content (AvgIpc) is 2.54. The Labute approximate surface area is 142 Å². The van der Waals surface area contributed by atoms with E-state index in [1.54, 1.807) is 30.3 Å². The van der Waals surface area contributed by atoms with Gasteiger partial charge >= 0.3 is 5.97 Å². The highest BCUT2D eigenvalue weighted by Crippen LogP contribution is 2.26. The van der Waals surface area contributed by atoms with Gasteiger partial charge in [-0.15, -0.1) is 0 Å². The van der Waals surface area contributed by atoms with E-state index in [9.17, 15) is 9.59 Å². The second kappa shape index (κ2) is 7.78. The molecule has 0 aliphatic rings. The van der Waals surface area contributed by atoms with Crippen molar-refractivity contribution in [1.29, 1.82) is 0 Å². The highest BCUT2D eigenvalue weighted by molar-refractivity contribution is 9.10. The Hall–Kier alpha value is -2.34. The largest absolute Gasteiger partial charge is 0.492 e. The van der Waals surface area contributed by atoms with E-state index in [1.807, 2.05) is 6.92 Å². The van der Waals surface area contributed by atoms with Gasteiger partial charge in [0.25, 0.3) is 5.91 Å². The molecule has 6 heteroatoms. The van der Waals surface area contributed by atoms with Gasteiger partial charge in [-0.05, 0) is 64.8 Å². The molecule has 0 heterocycles. The Bertz CT molecular complexity index is 713. The minimum Gasteiger partial charge on any atom is -0.492 e. The van der Waals surface area contributed by atoms with E-state index in [4.69, 9.17) is 9.84 Å². The van der Waals surface area contributed by atoms with Crippen LogP contribution in [0.4, 0.5) is 5.69 Å². The van der Waals surface area contributed by atoms with Crippen molar-refractivity contribution < 1.29 is 19.4 Å². The van der Waals surface area contributed by atoms with Gasteiger partial charge in [-0.1, -0.05) is 6.92 Å². The first-order chi connectivity index (χ1) is 11.0. The van der Waals surface area contributed by atoms with Crippen LogP contribution in [-0.2, 0) is 0 Å². The molecule has 0 saturated heterocycles. The van der Waals surface area contributed by atoms with Crippen LogP contribution in [0.1, 0.15) is 34.1 Å². The van der Waals surface area contributed by atoms with Gasteiger partial charge in [0.1, 0.15) is 5.75 Å². The lowest BCUT2D eigenvalue weighted by atomic mass is 10.1. The minimum atomic E-state index is -1.01. The van der Waals surface area contributed by atoms with Crippen LogP contribution in [0.25, 0.3) is 0 Å². The lowest BCUT2D eigenvalue weighted by Crippen LogP contribution is -2.12. The number of carbonyl (C=O) groups is 2. The molecule has 120 valence electrons. The van der Waals surface area contributed by atoms with Gasteiger partial charge in [0.15, 0.2) is 0 Å². The Morgan fingerprint density at radius 2 is 1.78 bits per heavy atom. The molecular formula is C17H16BrNO4. The zero-order chi connectivity index (χ0) is 16.8. The van der Waals surface area contributed by atoms with E-state index >= 15 is 0 Å². The first kappa shape index (κ1) is 17.0. The summed E-state index contributed by atoms with van der Waals surface area (Å²) in [6.07, 6.45) is 0.904. The highest BCUT2D eigenvalue weighted by Gasteiger charge is 2.10. The van der Waals surface area contributed by atoms with Crippen LogP contribution >= 0.6 is 15.9 Å². The quantitative estimate of drug-likeness (QED) is 0.791. The van der Waals surface area contributed by atoms with Crippen LogP contribution in [0.5, 0.6) is 5.75 Å². The van der Waals surface area contributed by atoms with Crippen molar-refractivity contribution in [3.63, 3.8) is 0 Å². The predicted molar refractivity (Wildman–Crippen MR) is 91.3 cm³/mol. The summed E-state index contributed by atoms with van der Waals surface area (Å²) in [5, 5.41) is 11.6. The van der Waals surface area contributed by atoms with Crippen molar-refractivity contribution in [2.45, 2.75) is 13.3 Å². The Morgan fingerprint density at radius 1 is 1.13 bits per heavy atom. The van der Waals surface area contributed by atoms with E-state index in [2.05, 4.69) is 21.2 Å². The number of amides is 1. The smallest absolute Gasteiger partial charge is 0.335 e. The summed E-state index contributed by atoms with van der Waals surface area (Å²) in [5.41, 5.74) is 1.17. The molecule has 23 heavy (non-hydrogen) atoms. The van der Waals surface area contributed by atoms with Crippen LogP contribution in [-0.4, -0.2) is 23.6 Å². The number of hydrogen-bond acceptors (Lipinski definition) is 3. The maximum atomic E-state index is 12.2. The third kappa shape index (κ3) is 4.56. The summed E-state index contributed by atoms with van der Waals surface area (Å²) in [7, 11) is 0. The second-order valence-electron chi connectivity index (χ2n) is 4.83. The number of rotatable bonds is 6. The van der Waals surface area contributed by atoms with Gasteiger partial charge in [-0.2, -0.15) is 0 Å². The van der Waals surface area contributed by atoms with E-state index in [1.165, 1.54) is 12.1 Å². The summed E-state index contributed by atoms with van der Waals surface area (Å²) in [6, 6.07) is 11.1. The summed E-state index contributed by atoms with van der Waals surface area (Å²) in [4.78, 5) is 23.0. The molecule has 0 bridgehead atoms. The topological polar surface area (TPSA) is 75.6 Å². The molecule has 0 saturated carbocycles. The van der Waals surface area contributed by atoms with Crippen molar-refractivity contribution >= 4 is 33.5 Å². The van der Waals surface area contributed by atoms with Crippen molar-refractivity contribution in [2.24, 2.45) is 0 Å². The third-order valence-electron chi connectivity index (χ3n) is 3.05. The molecule has 0 fully saturated rings. The van der Waals surface area contributed by atoms with Crippen molar-refractivity contribution in [3.05, 3.63) is 58.1 Å². The van der Waals surface area contributed by atoms with Gasteiger partial charge in [-0.25, -0.2) is 4.79 Å². The van der Waals surface area contributed by atoms with E-state index in [-0.39, 0.29) is 11.5 Å². The average molecular weight is 378 g/mol. The molecule has 2 rings (SSSR count). The lowest BCUT2D eigenvalue weighted by Gasteiger charge is -2.09. The highest BCUT2D eigenvalue weighted by atomic mass is 79.9. The normalized spacial score (nSPS) is 10.2. The number of ether oxygens (including phenoxy) is 1. The first-order valence-corrected chi connectivity index (χ1v) is 7.87. The molecule has 0 aliphatic heterocycles. The summed E-state index contributed by atoms with van der Waals surface area (Å²) < 4.78 is 6.25. The minimum absolute atomic E-state index is 0.170. The number of aromatic carboxylic acids is 1. The molecule has 0 unspecified atom stereocenters. The molecule has 0 radical (unpaired) electrons. The molecule has 0 aliphatic carbocycles. The van der Waals surface area contributed by atoms with Crippen molar-refractivity contribution in [1.82, 2.24) is 0 Å². The number of benzene rings is 2. The number of carboxylic acid groups (broad SMARTS) is 1. The number of carbonyl (C=O) groups excluding carboxylic acids is 1. The number of carboxylic acids is 1. The van der Waals surface area contributed by atoms with E-state index in [0.717, 1.165) is 6.42 Å². The van der Waals surface area contributed by atoms with Gasteiger partial charge in [0.05, 0.1) is 16.6 Å². The van der Waals surface area contributed by atoms with Crippen LogP contribution < -0.4 is 10.1 Å². The third-order valence-corrected chi connectivity index (χ3v) is 3.67. The van der Waals surface area contributed by atoms with Gasteiger partial charge < -0.3 is 15.2 Å². The summed E-state index contributed by atoms with van der Waals surface area (Å²) >= 11 is 3.39. The predicted octanol–water partition coefficient (Wildman–Crippen LogP) is 4.19. The fourth-order valence-corrected chi connectivity index (χ4v) is 2.36. The SMILES string of the molecule is CCCOc1ccc(C(=O)Nc2ccc(C(=O)O)cc2)cc1Br. The van der Waals surface area contributed by atoms with Crippen molar-refractivity contribution in [2.75, 3.05) is 11.9 Å². The molecule has 2 aromatic rings. The van der Waals surface area contributed by atoms with Crippen LogP contribution in [0.3, 0.4) is 0 Å². The first-order valence-electron chi connectivity index (χ1n) is 7.08. The fraction of sp³-hybridized carbons (Fsp3) is 0.176. The van der Waals surface area contributed by atoms with E-state index < -0.39 is 5.97 Å². The molecule has 0 atom stereocenters. The molecular weight excluding hydrogens is 362 g/mol. The van der Waals surface area contributed by atoms with Crippen LogP contribution in [0.2, 0.25) is 0 Å². The zero-order valence-electron chi connectivity index (χ0n) is 12.5. The monoisotopic (exact) mass is 377 g/mol. The lowest BCUT2D eigenvalue weighted by molar-refractivity contribution is 0.0696. The maximum Gasteiger partial charge on any atom is 0.335 e. The molecule has 1 amide bonds.